The van der Waals surface area contributed by atoms with Crippen molar-refractivity contribution in [3.8, 4) is 0 Å². The SMILES string of the molecule is ONc1cnc2c(n1)CCCC2. The highest BCUT2D eigenvalue weighted by molar-refractivity contribution is 5.31. The summed E-state index contributed by atoms with van der Waals surface area (Å²) >= 11 is 0. The van der Waals surface area contributed by atoms with Crippen LogP contribution in [-0.2, 0) is 12.8 Å². The van der Waals surface area contributed by atoms with E-state index in [1.807, 2.05) is 5.48 Å². The molecule has 1 heterocycles. The van der Waals surface area contributed by atoms with Gasteiger partial charge in [0, 0.05) is 0 Å². The van der Waals surface area contributed by atoms with Gasteiger partial charge in [0.2, 0.25) is 0 Å². The van der Waals surface area contributed by atoms with Crippen molar-refractivity contribution in [1.29, 1.82) is 0 Å². The van der Waals surface area contributed by atoms with Crippen molar-refractivity contribution in [1.82, 2.24) is 9.97 Å². The van der Waals surface area contributed by atoms with E-state index in [2.05, 4.69) is 9.97 Å². The lowest BCUT2D eigenvalue weighted by Crippen LogP contribution is -2.09. The Morgan fingerprint density at radius 3 is 2.75 bits per heavy atom. The van der Waals surface area contributed by atoms with Crippen LogP contribution in [0.3, 0.4) is 0 Å². The highest BCUT2D eigenvalue weighted by Gasteiger charge is 2.11. The van der Waals surface area contributed by atoms with Gasteiger partial charge < -0.3 is 0 Å². The third-order valence-corrected chi connectivity index (χ3v) is 2.12. The van der Waals surface area contributed by atoms with Crippen molar-refractivity contribution < 1.29 is 5.21 Å². The molecule has 0 aliphatic heterocycles. The summed E-state index contributed by atoms with van der Waals surface area (Å²) in [5.74, 6) is 0.440. The van der Waals surface area contributed by atoms with E-state index in [4.69, 9.17) is 5.21 Å². The molecule has 0 saturated carbocycles. The Morgan fingerprint density at radius 1 is 1.25 bits per heavy atom. The van der Waals surface area contributed by atoms with Gasteiger partial charge in [-0.25, -0.2) is 4.98 Å². The predicted octanol–water partition coefficient (Wildman–Crippen LogP) is 1.16. The molecule has 0 atom stereocenters. The molecule has 1 aromatic rings. The van der Waals surface area contributed by atoms with Crippen molar-refractivity contribution in [2.75, 3.05) is 5.48 Å². The monoisotopic (exact) mass is 165 g/mol. The topological polar surface area (TPSA) is 58.0 Å². The summed E-state index contributed by atoms with van der Waals surface area (Å²) in [6.07, 6.45) is 5.94. The van der Waals surface area contributed by atoms with Crippen LogP contribution in [0.2, 0.25) is 0 Å². The first-order valence-electron chi connectivity index (χ1n) is 4.15. The van der Waals surface area contributed by atoms with Gasteiger partial charge in [-0.2, -0.15) is 0 Å². The molecule has 1 aromatic heterocycles. The Morgan fingerprint density at radius 2 is 2.00 bits per heavy atom. The number of aryl methyl sites for hydroxylation is 2. The molecule has 0 bridgehead atoms. The van der Waals surface area contributed by atoms with Crippen LogP contribution in [0.1, 0.15) is 24.2 Å². The second kappa shape index (κ2) is 3.06. The van der Waals surface area contributed by atoms with E-state index >= 15 is 0 Å². The Hall–Kier alpha value is -1.16. The average molecular weight is 165 g/mol. The number of fused-ring (bicyclic) bond motifs is 1. The Balaban J connectivity index is 2.36. The summed E-state index contributed by atoms with van der Waals surface area (Å²) < 4.78 is 0. The van der Waals surface area contributed by atoms with Crippen LogP contribution in [0.15, 0.2) is 6.20 Å². The number of aromatic nitrogens is 2. The molecule has 64 valence electrons. The molecule has 0 amide bonds. The lowest BCUT2D eigenvalue weighted by atomic mass is 10.0. The Bertz CT molecular complexity index is 288. The van der Waals surface area contributed by atoms with Crippen molar-refractivity contribution in [2.24, 2.45) is 0 Å². The van der Waals surface area contributed by atoms with Crippen LogP contribution >= 0.6 is 0 Å². The van der Waals surface area contributed by atoms with E-state index in [0.717, 1.165) is 24.2 Å². The number of anilines is 1. The fourth-order valence-corrected chi connectivity index (χ4v) is 1.50. The summed E-state index contributed by atoms with van der Waals surface area (Å²) in [5, 5.41) is 8.59. The third-order valence-electron chi connectivity index (χ3n) is 2.12. The minimum atomic E-state index is 0.440. The van der Waals surface area contributed by atoms with Crippen molar-refractivity contribution in [2.45, 2.75) is 25.7 Å². The van der Waals surface area contributed by atoms with E-state index in [1.54, 1.807) is 6.20 Å². The molecule has 0 aromatic carbocycles. The molecule has 1 aliphatic carbocycles. The minimum absolute atomic E-state index is 0.440. The van der Waals surface area contributed by atoms with Crippen molar-refractivity contribution >= 4 is 5.82 Å². The summed E-state index contributed by atoms with van der Waals surface area (Å²) in [7, 11) is 0. The molecule has 12 heavy (non-hydrogen) atoms. The maximum atomic E-state index is 8.59. The van der Waals surface area contributed by atoms with Crippen LogP contribution in [0.5, 0.6) is 0 Å². The number of hydrogen-bond donors (Lipinski definition) is 2. The summed E-state index contributed by atoms with van der Waals surface area (Å²) in [4.78, 5) is 8.41. The Kier molecular flexibility index (Phi) is 1.91. The summed E-state index contributed by atoms with van der Waals surface area (Å²) in [5.41, 5.74) is 4.12. The standard InChI is InChI=1S/C8H11N3O/c12-11-8-5-9-6-3-1-2-4-7(6)10-8/h5,12H,1-4H2,(H,10,11). The van der Waals surface area contributed by atoms with Gasteiger partial charge in [0.05, 0.1) is 17.6 Å². The van der Waals surface area contributed by atoms with Gasteiger partial charge in [-0.15, -0.1) is 0 Å². The van der Waals surface area contributed by atoms with Crippen LogP contribution in [0, 0.1) is 0 Å². The van der Waals surface area contributed by atoms with Gasteiger partial charge >= 0.3 is 0 Å². The first-order chi connectivity index (χ1) is 5.90. The molecular formula is C8H11N3O. The normalized spacial score (nSPS) is 15.4. The average Bonchev–Trinajstić information content (AvgIpc) is 2.17. The first-order valence-corrected chi connectivity index (χ1v) is 4.15. The summed E-state index contributed by atoms with van der Waals surface area (Å²) in [6.45, 7) is 0. The van der Waals surface area contributed by atoms with Crippen molar-refractivity contribution in [3.63, 3.8) is 0 Å². The molecule has 0 fully saturated rings. The van der Waals surface area contributed by atoms with Gasteiger partial charge in [0.1, 0.15) is 0 Å². The number of nitrogens with zero attached hydrogens (tertiary/aromatic N) is 2. The van der Waals surface area contributed by atoms with Gasteiger partial charge in [0.25, 0.3) is 0 Å². The Labute approximate surface area is 70.6 Å². The van der Waals surface area contributed by atoms with Gasteiger partial charge in [-0.05, 0) is 25.7 Å². The molecule has 2 N–H and O–H groups in total. The lowest BCUT2D eigenvalue weighted by Gasteiger charge is -2.13. The van der Waals surface area contributed by atoms with Gasteiger partial charge in [-0.3, -0.25) is 15.7 Å². The molecule has 0 unspecified atom stereocenters. The zero-order valence-corrected chi connectivity index (χ0v) is 6.75. The van der Waals surface area contributed by atoms with Crippen molar-refractivity contribution in [3.05, 3.63) is 17.6 Å². The van der Waals surface area contributed by atoms with Crippen LogP contribution in [-0.4, -0.2) is 15.2 Å². The van der Waals surface area contributed by atoms with E-state index in [0.29, 0.717) is 5.82 Å². The fourth-order valence-electron chi connectivity index (χ4n) is 1.50. The largest absolute Gasteiger partial charge is 0.290 e. The summed E-state index contributed by atoms with van der Waals surface area (Å²) in [6, 6.07) is 0. The third kappa shape index (κ3) is 1.25. The van der Waals surface area contributed by atoms with Crippen LogP contribution in [0.4, 0.5) is 5.82 Å². The minimum Gasteiger partial charge on any atom is -0.290 e. The smallest absolute Gasteiger partial charge is 0.168 e. The number of nitrogens with one attached hydrogen (secondary N) is 1. The first kappa shape index (κ1) is 7.49. The van der Waals surface area contributed by atoms with E-state index < -0.39 is 0 Å². The number of rotatable bonds is 1. The van der Waals surface area contributed by atoms with Gasteiger partial charge in [0.15, 0.2) is 5.82 Å². The lowest BCUT2D eigenvalue weighted by molar-refractivity contribution is 0.385. The van der Waals surface area contributed by atoms with E-state index in [-0.39, 0.29) is 0 Å². The number of hydrogen-bond acceptors (Lipinski definition) is 4. The van der Waals surface area contributed by atoms with Crippen LogP contribution < -0.4 is 5.48 Å². The molecule has 4 heteroatoms. The maximum absolute atomic E-state index is 8.59. The highest BCUT2D eigenvalue weighted by atomic mass is 16.5. The predicted molar refractivity (Wildman–Crippen MR) is 44.1 cm³/mol. The zero-order chi connectivity index (χ0) is 8.39. The molecular weight excluding hydrogens is 154 g/mol. The van der Waals surface area contributed by atoms with E-state index in [9.17, 15) is 0 Å². The molecule has 4 nitrogen and oxygen atoms in total. The second-order valence-electron chi connectivity index (χ2n) is 2.97. The molecule has 0 spiro atoms. The van der Waals surface area contributed by atoms with E-state index in [1.165, 1.54) is 12.8 Å². The molecule has 0 saturated heterocycles. The molecule has 2 rings (SSSR count). The zero-order valence-electron chi connectivity index (χ0n) is 6.75. The fraction of sp³-hybridized carbons (Fsp3) is 0.500. The molecule has 0 radical (unpaired) electrons. The van der Waals surface area contributed by atoms with Crippen LogP contribution in [0.25, 0.3) is 0 Å². The quantitative estimate of drug-likeness (QED) is 0.613. The molecule has 1 aliphatic rings. The highest BCUT2D eigenvalue weighted by Crippen LogP contribution is 2.18. The van der Waals surface area contributed by atoms with Gasteiger partial charge in [-0.1, -0.05) is 0 Å². The maximum Gasteiger partial charge on any atom is 0.168 e. The second-order valence-corrected chi connectivity index (χ2v) is 2.97.